The van der Waals surface area contributed by atoms with Crippen LogP contribution in [-0.4, -0.2) is 51.0 Å². The number of carbonyl (C=O) groups is 5. The summed E-state index contributed by atoms with van der Waals surface area (Å²) >= 11 is 0. The van der Waals surface area contributed by atoms with E-state index in [1.165, 1.54) is 6.92 Å². The number of imide groups is 1. The molecule has 2 N–H and O–H groups in total. The Bertz CT molecular complexity index is 466. The lowest BCUT2D eigenvalue weighted by molar-refractivity contribution is -0.169. The summed E-state index contributed by atoms with van der Waals surface area (Å²) in [6.07, 6.45) is -0.0128. The van der Waals surface area contributed by atoms with Crippen molar-refractivity contribution in [2.24, 2.45) is 0 Å². The van der Waals surface area contributed by atoms with Crippen molar-refractivity contribution in [1.29, 1.82) is 0 Å². The molecule has 1 atom stereocenters. The number of rotatable bonds is 6. The Hall–Kier alpha value is -1.75. The minimum Gasteiger partial charge on any atom is -0.480 e. The summed E-state index contributed by atoms with van der Waals surface area (Å²) in [6.45, 7) is 1.17. The van der Waals surface area contributed by atoms with Gasteiger partial charge in [0.2, 0.25) is 5.91 Å². The third-order valence-electron chi connectivity index (χ3n) is 2.21. The van der Waals surface area contributed by atoms with Crippen LogP contribution in [0.4, 0.5) is 4.79 Å². The number of nitrogens with zero attached hydrogens (tertiary/aromatic N) is 1. The topological polar surface area (TPSA) is 130 Å². The Kier molecular flexibility index (Phi) is 6.49. The maximum absolute atomic E-state index is 11.4. The summed E-state index contributed by atoms with van der Waals surface area (Å²) in [5.74, 6) is -3.03. The first-order chi connectivity index (χ1) is 9.81. The summed E-state index contributed by atoms with van der Waals surface area (Å²) < 4.78 is 0. The van der Waals surface area contributed by atoms with E-state index in [1.807, 2.05) is 0 Å². The Morgan fingerprint density at radius 3 is 2.38 bits per heavy atom. The summed E-state index contributed by atoms with van der Waals surface area (Å²) in [5.41, 5.74) is 0. The Morgan fingerprint density at radius 2 is 1.90 bits per heavy atom. The fourth-order valence-corrected chi connectivity index (χ4v) is 2.94. The third-order valence-corrected chi connectivity index (χ3v) is 4.18. The Morgan fingerprint density at radius 1 is 1.33 bits per heavy atom. The number of carboxylic acid groups (broad SMARTS) is 1. The molecule has 11 heteroatoms. The Balaban J connectivity index is 2.35. The lowest BCUT2D eigenvalue weighted by atomic mass is 10.3. The minimum absolute atomic E-state index is 0.00641. The zero-order chi connectivity index (χ0) is 16.0. The maximum Gasteiger partial charge on any atom is 0.402 e. The van der Waals surface area contributed by atoms with Crippen molar-refractivity contribution >= 4 is 50.6 Å². The van der Waals surface area contributed by atoms with E-state index in [-0.39, 0.29) is 18.6 Å². The number of hydrogen-bond acceptors (Lipinski definition) is 8. The highest BCUT2D eigenvalue weighted by molar-refractivity contribution is 8.82. The molecule has 116 valence electrons. The van der Waals surface area contributed by atoms with E-state index < -0.39 is 35.0 Å². The van der Waals surface area contributed by atoms with Gasteiger partial charge in [0, 0.05) is 36.3 Å². The molecule has 0 spiro atoms. The van der Waals surface area contributed by atoms with Gasteiger partial charge in [0.25, 0.3) is 11.8 Å². The average molecular weight is 336 g/mol. The molecule has 0 radical (unpaired) electrons. The second kappa shape index (κ2) is 7.88. The van der Waals surface area contributed by atoms with E-state index in [4.69, 9.17) is 5.11 Å². The SMILES string of the molecule is CC(=O)NC(CSSC(=O)ON1C(=O)CCC1=O)C(=O)O. The summed E-state index contributed by atoms with van der Waals surface area (Å²) in [6, 6.07) is -1.15. The second-order valence-corrected chi connectivity index (χ2v) is 6.16. The number of carbonyl (C=O) groups excluding carboxylic acids is 4. The van der Waals surface area contributed by atoms with Crippen molar-refractivity contribution in [1.82, 2.24) is 10.4 Å². The van der Waals surface area contributed by atoms with Gasteiger partial charge < -0.3 is 15.3 Å². The van der Waals surface area contributed by atoms with Crippen LogP contribution in [0.2, 0.25) is 0 Å². The average Bonchev–Trinajstić information content (AvgIpc) is 2.68. The molecule has 9 nitrogen and oxygen atoms in total. The lowest BCUT2D eigenvalue weighted by Crippen LogP contribution is -2.41. The third kappa shape index (κ3) is 5.63. The van der Waals surface area contributed by atoms with E-state index in [0.717, 1.165) is 10.8 Å². The highest BCUT2D eigenvalue weighted by Gasteiger charge is 2.33. The highest BCUT2D eigenvalue weighted by atomic mass is 33.1. The van der Waals surface area contributed by atoms with Crippen LogP contribution in [0.1, 0.15) is 19.8 Å². The van der Waals surface area contributed by atoms with Crippen LogP contribution in [0, 0.1) is 0 Å². The van der Waals surface area contributed by atoms with Gasteiger partial charge in [-0.2, -0.15) is 0 Å². The number of nitrogens with one attached hydrogen (secondary N) is 1. The van der Waals surface area contributed by atoms with Crippen LogP contribution < -0.4 is 5.32 Å². The van der Waals surface area contributed by atoms with Crippen LogP contribution in [0.3, 0.4) is 0 Å². The fraction of sp³-hybridized carbons (Fsp3) is 0.500. The first-order valence-electron chi connectivity index (χ1n) is 5.68. The molecule has 0 aromatic carbocycles. The maximum atomic E-state index is 11.4. The van der Waals surface area contributed by atoms with Crippen LogP contribution in [-0.2, 0) is 24.0 Å². The monoisotopic (exact) mass is 336 g/mol. The van der Waals surface area contributed by atoms with E-state index in [0.29, 0.717) is 15.9 Å². The first-order valence-corrected chi connectivity index (χ1v) is 8.00. The van der Waals surface area contributed by atoms with Crippen molar-refractivity contribution in [3.8, 4) is 0 Å². The van der Waals surface area contributed by atoms with Gasteiger partial charge in [0.15, 0.2) is 0 Å². The molecule has 1 unspecified atom stereocenters. The van der Waals surface area contributed by atoms with Gasteiger partial charge in [-0.05, 0) is 0 Å². The van der Waals surface area contributed by atoms with E-state index in [2.05, 4.69) is 10.2 Å². The van der Waals surface area contributed by atoms with Crippen molar-refractivity contribution in [2.75, 3.05) is 5.75 Å². The molecule has 1 aliphatic rings. The largest absolute Gasteiger partial charge is 0.480 e. The highest BCUT2D eigenvalue weighted by Crippen LogP contribution is 2.26. The molecular weight excluding hydrogens is 324 g/mol. The van der Waals surface area contributed by atoms with Gasteiger partial charge >= 0.3 is 11.3 Å². The van der Waals surface area contributed by atoms with E-state index in [9.17, 15) is 24.0 Å². The zero-order valence-corrected chi connectivity index (χ0v) is 12.5. The van der Waals surface area contributed by atoms with Gasteiger partial charge in [0.05, 0.1) is 0 Å². The normalized spacial score (nSPS) is 15.8. The van der Waals surface area contributed by atoms with Crippen molar-refractivity contribution in [2.45, 2.75) is 25.8 Å². The van der Waals surface area contributed by atoms with Gasteiger partial charge in [-0.1, -0.05) is 10.8 Å². The van der Waals surface area contributed by atoms with Gasteiger partial charge in [-0.3, -0.25) is 14.4 Å². The van der Waals surface area contributed by atoms with Gasteiger partial charge in [0.1, 0.15) is 6.04 Å². The smallest absolute Gasteiger partial charge is 0.402 e. The lowest BCUT2D eigenvalue weighted by Gasteiger charge is -2.13. The summed E-state index contributed by atoms with van der Waals surface area (Å²) in [4.78, 5) is 60.0. The molecule has 1 fully saturated rings. The predicted octanol–water partition coefficient (Wildman–Crippen LogP) is 0.158. The summed E-state index contributed by atoms with van der Waals surface area (Å²) in [7, 11) is 1.36. The molecule has 1 aliphatic heterocycles. The number of aliphatic carboxylic acids is 1. The molecule has 1 heterocycles. The number of carboxylic acids is 1. The van der Waals surface area contributed by atoms with Crippen LogP contribution in [0.15, 0.2) is 0 Å². The van der Waals surface area contributed by atoms with Crippen LogP contribution in [0.25, 0.3) is 0 Å². The molecule has 3 amide bonds. The van der Waals surface area contributed by atoms with Crippen LogP contribution in [0.5, 0.6) is 0 Å². The molecule has 0 bridgehead atoms. The quantitative estimate of drug-likeness (QED) is 0.514. The number of hydroxylamine groups is 2. The Labute approximate surface area is 127 Å². The number of amides is 3. The molecule has 1 saturated heterocycles. The molecular formula is C10H12N2O7S2. The fourth-order valence-electron chi connectivity index (χ4n) is 1.32. The summed E-state index contributed by atoms with van der Waals surface area (Å²) in [5, 5.41) is 10.5. The molecule has 1 rings (SSSR count). The molecule has 0 aliphatic carbocycles. The zero-order valence-electron chi connectivity index (χ0n) is 10.9. The molecule has 0 saturated carbocycles. The standard InChI is InChI=1S/C10H12N2O7S2/c1-5(13)11-6(9(16)17)4-20-21-10(18)19-12-7(14)2-3-8(12)15/h6H,2-4H2,1H3,(H,11,13)(H,16,17). The van der Waals surface area contributed by atoms with E-state index in [1.54, 1.807) is 0 Å². The molecule has 21 heavy (non-hydrogen) atoms. The van der Waals surface area contributed by atoms with Gasteiger partial charge in [-0.15, -0.1) is 5.06 Å². The van der Waals surface area contributed by atoms with Crippen molar-refractivity contribution < 1.29 is 33.9 Å². The van der Waals surface area contributed by atoms with Gasteiger partial charge in [-0.25, -0.2) is 9.59 Å². The predicted molar refractivity (Wildman–Crippen MR) is 72.9 cm³/mol. The van der Waals surface area contributed by atoms with Crippen molar-refractivity contribution in [3.05, 3.63) is 0 Å². The number of hydrogen-bond donors (Lipinski definition) is 2. The van der Waals surface area contributed by atoms with Crippen molar-refractivity contribution in [3.63, 3.8) is 0 Å². The van der Waals surface area contributed by atoms with E-state index >= 15 is 0 Å². The molecule has 0 aromatic rings. The minimum atomic E-state index is -1.24. The first kappa shape index (κ1) is 17.3. The second-order valence-electron chi connectivity index (χ2n) is 3.88. The van der Waals surface area contributed by atoms with Crippen LogP contribution >= 0.6 is 21.6 Å². The molecule has 0 aromatic heterocycles.